The van der Waals surface area contributed by atoms with Crippen LogP contribution in [0.3, 0.4) is 0 Å². The molecule has 0 saturated carbocycles. The number of aldehydes is 1. The number of hydrogen-bond donors (Lipinski definition) is 0. The number of hydrogen-bond acceptors (Lipinski definition) is 1. The van der Waals surface area contributed by atoms with Gasteiger partial charge < -0.3 is 0 Å². The standard InChI is InChI=1S/C27H16O/c28-16-20-7-3-6-19-10-23-13-24-11-21-8-17-4-1-2-5-18(17)9-22(21)12-25(24)14-26(23)15-27(19)20/h1-16H. The monoisotopic (exact) mass is 356 g/mol. The van der Waals surface area contributed by atoms with Crippen LogP contribution in [0.4, 0.5) is 0 Å². The van der Waals surface area contributed by atoms with Crippen LogP contribution < -0.4 is 0 Å². The second-order valence-corrected chi connectivity index (χ2v) is 7.48. The van der Waals surface area contributed by atoms with Crippen molar-refractivity contribution in [2.75, 3.05) is 0 Å². The van der Waals surface area contributed by atoms with Crippen LogP contribution >= 0.6 is 0 Å². The van der Waals surface area contributed by atoms with E-state index in [1.807, 2.05) is 12.1 Å². The second-order valence-electron chi connectivity index (χ2n) is 7.48. The first-order valence-corrected chi connectivity index (χ1v) is 9.46. The maximum atomic E-state index is 11.4. The zero-order valence-corrected chi connectivity index (χ0v) is 15.1. The molecule has 0 aromatic heterocycles. The molecule has 0 amide bonds. The third-order valence-electron chi connectivity index (χ3n) is 5.77. The molecule has 130 valence electrons. The number of fused-ring (bicyclic) bond motifs is 5. The average Bonchev–Trinajstić information content (AvgIpc) is 2.73. The van der Waals surface area contributed by atoms with Crippen LogP contribution in [-0.2, 0) is 0 Å². The van der Waals surface area contributed by atoms with E-state index in [-0.39, 0.29) is 0 Å². The second kappa shape index (κ2) is 5.64. The number of rotatable bonds is 1. The molecule has 28 heavy (non-hydrogen) atoms. The minimum atomic E-state index is 0.740. The van der Waals surface area contributed by atoms with Crippen LogP contribution in [0.1, 0.15) is 10.4 Å². The molecule has 0 heterocycles. The highest BCUT2D eigenvalue weighted by atomic mass is 16.1. The topological polar surface area (TPSA) is 17.1 Å². The Hall–Kier alpha value is -3.71. The van der Waals surface area contributed by atoms with Crippen molar-refractivity contribution in [1.82, 2.24) is 0 Å². The molecule has 0 unspecified atom stereocenters. The SMILES string of the molecule is O=Cc1cccc2cc3cc4cc5cc6ccccc6cc5cc4cc3cc12. The quantitative estimate of drug-likeness (QED) is 0.224. The number of carbonyl (C=O) groups excluding carboxylic acids is 1. The summed E-state index contributed by atoms with van der Waals surface area (Å²) < 4.78 is 0. The van der Waals surface area contributed by atoms with Gasteiger partial charge in [0, 0.05) is 5.56 Å². The fraction of sp³-hybridized carbons (Fsp3) is 0. The van der Waals surface area contributed by atoms with Gasteiger partial charge in [0.15, 0.2) is 6.29 Å². The third-order valence-corrected chi connectivity index (χ3v) is 5.77. The Balaban J connectivity index is 1.70. The van der Waals surface area contributed by atoms with Crippen molar-refractivity contribution >= 4 is 60.1 Å². The Kier molecular flexibility index (Phi) is 3.09. The van der Waals surface area contributed by atoms with E-state index >= 15 is 0 Å². The zero-order valence-electron chi connectivity index (χ0n) is 15.1. The van der Waals surface area contributed by atoms with E-state index in [4.69, 9.17) is 0 Å². The Labute approximate surface area is 161 Å². The first kappa shape index (κ1) is 15.4. The predicted molar refractivity (Wildman–Crippen MR) is 119 cm³/mol. The van der Waals surface area contributed by atoms with E-state index < -0.39 is 0 Å². The predicted octanol–water partition coefficient (Wildman–Crippen LogP) is 7.27. The van der Waals surface area contributed by atoms with Gasteiger partial charge in [-0.15, -0.1) is 0 Å². The molecular formula is C27H16O. The van der Waals surface area contributed by atoms with Crippen molar-refractivity contribution in [3.8, 4) is 0 Å². The Morgan fingerprint density at radius 1 is 0.429 bits per heavy atom. The Morgan fingerprint density at radius 3 is 1.39 bits per heavy atom. The van der Waals surface area contributed by atoms with Gasteiger partial charge in [0.1, 0.15) is 0 Å². The first-order chi connectivity index (χ1) is 13.8. The molecule has 6 aromatic rings. The Morgan fingerprint density at radius 2 is 0.857 bits per heavy atom. The lowest BCUT2D eigenvalue weighted by molar-refractivity contribution is 0.112. The summed E-state index contributed by atoms with van der Waals surface area (Å²) in [5.74, 6) is 0. The largest absolute Gasteiger partial charge is 0.298 e. The fourth-order valence-electron chi connectivity index (χ4n) is 4.35. The van der Waals surface area contributed by atoms with E-state index in [1.165, 1.54) is 37.7 Å². The van der Waals surface area contributed by atoms with Crippen molar-refractivity contribution in [2.24, 2.45) is 0 Å². The molecule has 0 radical (unpaired) electrons. The maximum absolute atomic E-state index is 11.4. The van der Waals surface area contributed by atoms with E-state index in [2.05, 4.69) is 78.9 Å². The van der Waals surface area contributed by atoms with Crippen LogP contribution in [0, 0.1) is 0 Å². The lowest BCUT2D eigenvalue weighted by Gasteiger charge is -2.09. The summed E-state index contributed by atoms with van der Waals surface area (Å²) in [6.45, 7) is 0. The molecule has 1 nitrogen and oxygen atoms in total. The summed E-state index contributed by atoms with van der Waals surface area (Å²) in [6, 6.07) is 32.3. The molecule has 0 saturated heterocycles. The van der Waals surface area contributed by atoms with Gasteiger partial charge in [-0.2, -0.15) is 0 Å². The summed E-state index contributed by atoms with van der Waals surface area (Å²) >= 11 is 0. The molecule has 0 aliphatic rings. The molecular weight excluding hydrogens is 340 g/mol. The van der Waals surface area contributed by atoms with E-state index in [1.54, 1.807) is 0 Å². The van der Waals surface area contributed by atoms with E-state index in [0.29, 0.717) is 0 Å². The van der Waals surface area contributed by atoms with Crippen molar-refractivity contribution in [2.45, 2.75) is 0 Å². The molecule has 0 atom stereocenters. The van der Waals surface area contributed by atoms with E-state index in [0.717, 1.165) is 28.0 Å². The molecule has 0 spiro atoms. The highest BCUT2D eigenvalue weighted by Gasteiger charge is 2.06. The van der Waals surface area contributed by atoms with Crippen LogP contribution in [0.25, 0.3) is 53.9 Å². The molecule has 0 N–H and O–H groups in total. The van der Waals surface area contributed by atoms with Gasteiger partial charge in [-0.1, -0.05) is 42.5 Å². The molecule has 6 rings (SSSR count). The van der Waals surface area contributed by atoms with Gasteiger partial charge >= 0.3 is 0 Å². The minimum Gasteiger partial charge on any atom is -0.298 e. The summed E-state index contributed by atoms with van der Waals surface area (Å²) in [5, 5.41) is 12.0. The molecule has 0 fully saturated rings. The van der Waals surface area contributed by atoms with Gasteiger partial charge in [-0.3, -0.25) is 4.79 Å². The van der Waals surface area contributed by atoms with Crippen molar-refractivity contribution < 1.29 is 4.79 Å². The maximum Gasteiger partial charge on any atom is 0.150 e. The Bertz CT molecular complexity index is 1570. The first-order valence-electron chi connectivity index (χ1n) is 9.46. The van der Waals surface area contributed by atoms with Gasteiger partial charge in [0.2, 0.25) is 0 Å². The van der Waals surface area contributed by atoms with Crippen molar-refractivity contribution in [3.63, 3.8) is 0 Å². The average molecular weight is 356 g/mol. The van der Waals surface area contributed by atoms with Gasteiger partial charge in [-0.25, -0.2) is 0 Å². The normalized spacial score (nSPS) is 11.7. The molecule has 1 heteroatoms. The summed E-state index contributed by atoms with van der Waals surface area (Å²) in [6.07, 6.45) is 0.938. The minimum absolute atomic E-state index is 0.740. The molecule has 0 aliphatic heterocycles. The number of carbonyl (C=O) groups is 1. The van der Waals surface area contributed by atoms with Crippen LogP contribution in [0.2, 0.25) is 0 Å². The van der Waals surface area contributed by atoms with Gasteiger partial charge in [-0.05, 0) is 102 Å². The van der Waals surface area contributed by atoms with Crippen LogP contribution in [-0.4, -0.2) is 6.29 Å². The summed E-state index contributed by atoms with van der Waals surface area (Å²) in [7, 11) is 0. The summed E-state index contributed by atoms with van der Waals surface area (Å²) in [4.78, 5) is 11.4. The molecule has 0 aliphatic carbocycles. The highest BCUT2D eigenvalue weighted by Crippen LogP contribution is 2.32. The van der Waals surface area contributed by atoms with Gasteiger partial charge in [0.05, 0.1) is 0 Å². The highest BCUT2D eigenvalue weighted by molar-refractivity contribution is 6.11. The lowest BCUT2D eigenvalue weighted by Crippen LogP contribution is -1.85. The van der Waals surface area contributed by atoms with Crippen LogP contribution in [0.5, 0.6) is 0 Å². The third kappa shape index (κ3) is 2.23. The molecule has 0 bridgehead atoms. The zero-order chi connectivity index (χ0) is 18.7. The van der Waals surface area contributed by atoms with Gasteiger partial charge in [0.25, 0.3) is 0 Å². The van der Waals surface area contributed by atoms with Crippen LogP contribution in [0.15, 0.2) is 91.0 Å². The number of benzene rings is 6. The van der Waals surface area contributed by atoms with Crippen molar-refractivity contribution in [3.05, 3.63) is 96.6 Å². The summed E-state index contributed by atoms with van der Waals surface area (Å²) in [5.41, 5.74) is 0.740. The fourth-order valence-corrected chi connectivity index (χ4v) is 4.35. The molecule has 6 aromatic carbocycles. The van der Waals surface area contributed by atoms with E-state index in [9.17, 15) is 4.79 Å². The smallest absolute Gasteiger partial charge is 0.150 e. The lowest BCUT2D eigenvalue weighted by atomic mass is 9.95. The van der Waals surface area contributed by atoms with Crippen molar-refractivity contribution in [1.29, 1.82) is 0 Å².